The summed E-state index contributed by atoms with van der Waals surface area (Å²) in [7, 11) is 0. The van der Waals surface area contributed by atoms with Gasteiger partial charge in [-0.3, -0.25) is 0 Å². The molecule has 46 heavy (non-hydrogen) atoms. The maximum Gasteiger partial charge on any atom is 0.269 e. The number of hydrogen-bond donors (Lipinski definition) is 0. The molecule has 216 valence electrons. The molecule has 2 aromatic heterocycles. The lowest BCUT2D eigenvalue weighted by molar-refractivity contribution is 0.926. The molecule has 0 saturated heterocycles. The Morgan fingerprint density at radius 3 is 1.24 bits per heavy atom. The van der Waals surface area contributed by atoms with Crippen LogP contribution in [0, 0.1) is 63.5 Å². The average Bonchev–Trinajstić information content (AvgIpc) is 3.61. The number of nitriles is 2. The summed E-state index contributed by atoms with van der Waals surface area (Å²) in [6.07, 6.45) is 0.719. The molecule has 5 aromatic rings. The summed E-state index contributed by atoms with van der Waals surface area (Å²) in [6, 6.07) is 15.9. The van der Waals surface area contributed by atoms with Crippen LogP contribution in [0.15, 0.2) is 36.4 Å². The average molecular weight is 595 g/mol. The monoisotopic (exact) mass is 594 g/mol. The van der Waals surface area contributed by atoms with Crippen LogP contribution in [0.1, 0.15) is 45.6 Å². The molecule has 0 spiro atoms. The van der Waals surface area contributed by atoms with Gasteiger partial charge in [-0.2, -0.15) is 0 Å². The van der Waals surface area contributed by atoms with Gasteiger partial charge >= 0.3 is 0 Å². The molecule has 0 radical (unpaired) electrons. The molecule has 2 aliphatic carbocycles. The van der Waals surface area contributed by atoms with Crippen molar-refractivity contribution in [2.45, 2.75) is 40.5 Å². The lowest BCUT2D eigenvalue weighted by Gasteiger charge is -2.13. The van der Waals surface area contributed by atoms with E-state index in [1.165, 1.54) is 0 Å². The van der Waals surface area contributed by atoms with E-state index in [0.717, 1.165) is 44.5 Å². The fourth-order valence-corrected chi connectivity index (χ4v) is 6.87. The second kappa shape index (κ2) is 10.5. The van der Waals surface area contributed by atoms with E-state index in [-0.39, 0.29) is 11.4 Å². The molecule has 0 atom stereocenters. The van der Waals surface area contributed by atoms with E-state index >= 15 is 0 Å². The first kappa shape index (κ1) is 28.2. The Morgan fingerprint density at radius 1 is 0.565 bits per heavy atom. The van der Waals surface area contributed by atoms with E-state index in [2.05, 4.69) is 51.7 Å². The van der Waals surface area contributed by atoms with Crippen molar-refractivity contribution in [3.8, 4) is 57.2 Å². The Balaban J connectivity index is 1.63. The highest BCUT2D eigenvalue weighted by atomic mass is 15.0. The third-order valence-corrected chi connectivity index (χ3v) is 8.41. The molecule has 10 nitrogen and oxygen atoms in total. The smallest absolute Gasteiger partial charge is 0.226 e. The van der Waals surface area contributed by atoms with Gasteiger partial charge < -0.3 is 0 Å². The van der Waals surface area contributed by atoms with E-state index in [1.54, 1.807) is 0 Å². The van der Waals surface area contributed by atoms with Gasteiger partial charge in [0, 0.05) is 21.6 Å². The van der Waals surface area contributed by atoms with Gasteiger partial charge in [-0.15, -0.1) is 0 Å². The van der Waals surface area contributed by atoms with Crippen molar-refractivity contribution in [1.82, 2.24) is 29.9 Å². The van der Waals surface area contributed by atoms with Crippen LogP contribution < -0.4 is 10.4 Å². The predicted molar refractivity (Wildman–Crippen MR) is 170 cm³/mol. The minimum absolute atomic E-state index is 0.0494. The molecule has 7 rings (SSSR count). The lowest BCUT2D eigenvalue weighted by Crippen LogP contribution is -2.25. The molecular weight excluding hydrogens is 572 g/mol. The minimum atomic E-state index is -0.0494. The third kappa shape index (κ3) is 4.14. The van der Waals surface area contributed by atoms with Gasteiger partial charge in [0.25, 0.3) is 11.4 Å². The number of aromatic nitrogens is 6. The Labute approximate surface area is 264 Å². The summed E-state index contributed by atoms with van der Waals surface area (Å²) in [5, 5.41) is 21.7. The summed E-state index contributed by atoms with van der Waals surface area (Å²) in [5.74, 6) is 3.41. The van der Waals surface area contributed by atoms with Crippen molar-refractivity contribution in [3.63, 3.8) is 0 Å². The van der Waals surface area contributed by atoms with Crippen LogP contribution >= 0.6 is 0 Å². The highest BCUT2D eigenvalue weighted by molar-refractivity contribution is 5.95. The van der Waals surface area contributed by atoms with Crippen molar-refractivity contribution in [2.24, 2.45) is 0 Å². The summed E-state index contributed by atoms with van der Waals surface area (Å²) < 4.78 is 0. The molecule has 0 N–H and O–H groups in total. The Morgan fingerprint density at radius 2 is 0.913 bits per heavy atom. The van der Waals surface area contributed by atoms with Gasteiger partial charge in [0.2, 0.25) is 0 Å². The largest absolute Gasteiger partial charge is 0.269 e. The normalized spacial score (nSPS) is 13.2. The van der Waals surface area contributed by atoms with E-state index in [0.29, 0.717) is 69.4 Å². The maximum atomic E-state index is 10.3. The zero-order valence-electron chi connectivity index (χ0n) is 25.4. The Hall–Kier alpha value is -6.62. The van der Waals surface area contributed by atoms with E-state index < -0.39 is 0 Å². The quantitative estimate of drug-likeness (QED) is 0.259. The van der Waals surface area contributed by atoms with Crippen LogP contribution in [0.5, 0.6) is 0 Å². The van der Waals surface area contributed by atoms with Gasteiger partial charge in [-0.1, -0.05) is 36.4 Å². The van der Waals surface area contributed by atoms with Gasteiger partial charge in [-0.05, 0) is 85.0 Å². The van der Waals surface area contributed by atoms with Crippen molar-refractivity contribution in [2.75, 3.05) is 0 Å². The number of nitrogens with zero attached hydrogens (tertiary/aromatic N) is 10. The van der Waals surface area contributed by atoms with Crippen molar-refractivity contribution in [3.05, 3.63) is 115 Å². The zero-order valence-corrected chi connectivity index (χ0v) is 25.4. The predicted octanol–water partition coefficient (Wildman–Crippen LogP) is 4.87. The van der Waals surface area contributed by atoms with Crippen LogP contribution in [0.4, 0.5) is 0 Å². The molecular formula is C36H22N10. The first-order valence-corrected chi connectivity index (χ1v) is 14.4. The standard InChI is InChI=1S/C36H22N10/c1-17-41-18(2)44-35(43-17)23-11-7-9-21-25(23)13-27-31(21)34(30(16-38)40-6)28-14-26-22(32(28)33(27)29(15-37)39-5)10-8-12-24(26)36-45-19(3)42-20(4)46-36/h7-12H,13-14H2,1-4H3/b33-29-,34-30+. The van der Waals surface area contributed by atoms with E-state index in [1.807, 2.05) is 64.1 Å². The summed E-state index contributed by atoms with van der Waals surface area (Å²) in [6.45, 7) is 23.3. The SMILES string of the molecule is [C-]#[N+]/C(C#N)=c1/c2c(/c(=C(\C#N)[N+]#[C-])c3c1-c1cccc(-c4nc(C)nc(C)n4)c1C3)-c1cccc(-c3nc(C)nc(C)n3)c1C2. The van der Waals surface area contributed by atoms with Crippen LogP contribution in [0.2, 0.25) is 0 Å². The molecule has 0 fully saturated rings. The third-order valence-electron chi connectivity index (χ3n) is 8.41. The number of benzene rings is 3. The molecule has 0 aliphatic heterocycles. The van der Waals surface area contributed by atoms with Crippen LogP contribution in [0.3, 0.4) is 0 Å². The van der Waals surface area contributed by atoms with Crippen LogP contribution in [0.25, 0.3) is 66.1 Å². The van der Waals surface area contributed by atoms with Crippen LogP contribution in [-0.4, -0.2) is 29.9 Å². The number of hydrogen-bond acceptors (Lipinski definition) is 8. The van der Waals surface area contributed by atoms with Crippen molar-refractivity contribution >= 4 is 11.4 Å². The fraction of sp³-hybridized carbons (Fsp3) is 0.167. The number of fused-ring (bicyclic) bond motifs is 6. The molecule has 3 aromatic carbocycles. The topological polar surface area (TPSA) is 134 Å². The Bertz CT molecular complexity index is 2270. The van der Waals surface area contributed by atoms with Crippen molar-refractivity contribution in [1.29, 1.82) is 10.5 Å². The highest BCUT2D eigenvalue weighted by Gasteiger charge is 2.34. The summed E-state index contributed by atoms with van der Waals surface area (Å²) >= 11 is 0. The van der Waals surface area contributed by atoms with Gasteiger partial charge in [0.1, 0.15) is 23.3 Å². The number of rotatable bonds is 2. The molecule has 2 aliphatic rings. The lowest BCUT2D eigenvalue weighted by atomic mass is 9.90. The molecule has 0 bridgehead atoms. The first-order valence-electron chi connectivity index (χ1n) is 14.4. The van der Waals surface area contributed by atoms with Gasteiger partial charge in [0.15, 0.2) is 11.6 Å². The van der Waals surface area contributed by atoms with E-state index in [9.17, 15) is 10.5 Å². The molecule has 0 unspecified atom stereocenters. The van der Waals surface area contributed by atoms with Gasteiger partial charge in [-0.25, -0.2) is 50.1 Å². The van der Waals surface area contributed by atoms with Crippen LogP contribution in [-0.2, 0) is 12.8 Å². The first-order chi connectivity index (χ1) is 22.3. The van der Waals surface area contributed by atoms with E-state index in [4.69, 9.17) is 13.1 Å². The molecule has 0 amide bonds. The maximum absolute atomic E-state index is 10.3. The van der Waals surface area contributed by atoms with Crippen molar-refractivity contribution < 1.29 is 0 Å². The summed E-state index contributed by atoms with van der Waals surface area (Å²) in [4.78, 5) is 34.5. The fourth-order valence-electron chi connectivity index (χ4n) is 6.87. The summed E-state index contributed by atoms with van der Waals surface area (Å²) in [5.41, 5.74) is 7.79. The second-order valence-electron chi connectivity index (χ2n) is 11.1. The second-order valence-corrected chi connectivity index (χ2v) is 11.1. The highest BCUT2D eigenvalue weighted by Crippen LogP contribution is 2.44. The minimum Gasteiger partial charge on any atom is -0.226 e. The number of aryl methyl sites for hydroxylation is 4. The molecule has 2 heterocycles. The zero-order chi connectivity index (χ0) is 32.3. The molecule has 10 heteroatoms. The molecule has 0 saturated carbocycles. The Kier molecular flexibility index (Phi) is 6.45. The van der Waals surface area contributed by atoms with Gasteiger partial charge in [0.05, 0.1) is 25.3 Å².